The van der Waals surface area contributed by atoms with Crippen LogP contribution in [0.25, 0.3) is 0 Å². The lowest BCUT2D eigenvalue weighted by Crippen LogP contribution is -2.45. The first kappa shape index (κ1) is 13.2. The molecule has 2 N–H and O–H groups in total. The summed E-state index contributed by atoms with van der Waals surface area (Å²) in [5.74, 6) is -1.14. The number of thioether (sulfide) groups is 1. The van der Waals surface area contributed by atoms with Crippen molar-refractivity contribution in [3.05, 3.63) is 29.6 Å². The molecule has 0 radical (unpaired) electrons. The summed E-state index contributed by atoms with van der Waals surface area (Å²) in [7, 11) is 0. The first-order chi connectivity index (χ1) is 8.56. The quantitative estimate of drug-likeness (QED) is 0.883. The Morgan fingerprint density at radius 2 is 2.28 bits per heavy atom. The van der Waals surface area contributed by atoms with E-state index < -0.39 is 11.7 Å². The van der Waals surface area contributed by atoms with Crippen LogP contribution in [0, 0.1) is 5.82 Å². The van der Waals surface area contributed by atoms with Gasteiger partial charge in [0.15, 0.2) is 0 Å². The number of carbonyl (C=O) groups is 1. The molecule has 0 saturated heterocycles. The lowest BCUT2D eigenvalue weighted by molar-refractivity contribution is 0.0940. The number of phenols is 1. The van der Waals surface area contributed by atoms with Crippen LogP contribution in [0.1, 0.15) is 29.6 Å². The molecule has 0 atom stereocenters. The smallest absolute Gasteiger partial charge is 0.255 e. The average Bonchev–Trinajstić information content (AvgIpc) is 2.31. The number of hydrogen-bond acceptors (Lipinski definition) is 3. The van der Waals surface area contributed by atoms with Crippen molar-refractivity contribution < 1.29 is 14.3 Å². The summed E-state index contributed by atoms with van der Waals surface area (Å²) >= 11 is 1.75. The van der Waals surface area contributed by atoms with Gasteiger partial charge in [-0.15, -0.1) is 0 Å². The fraction of sp³-hybridized carbons (Fsp3) is 0.462. The van der Waals surface area contributed by atoms with Gasteiger partial charge >= 0.3 is 0 Å². The normalized spacial score (nSPS) is 17.0. The molecule has 1 aliphatic rings. The van der Waals surface area contributed by atoms with E-state index in [-0.39, 0.29) is 16.1 Å². The van der Waals surface area contributed by atoms with Crippen molar-refractivity contribution in [2.75, 3.05) is 12.8 Å². The van der Waals surface area contributed by atoms with E-state index in [9.17, 15) is 14.3 Å². The average molecular weight is 269 g/mol. The van der Waals surface area contributed by atoms with Gasteiger partial charge in [0.25, 0.3) is 5.91 Å². The first-order valence-corrected chi connectivity index (χ1v) is 7.11. The van der Waals surface area contributed by atoms with Crippen LogP contribution >= 0.6 is 11.8 Å². The van der Waals surface area contributed by atoms with Gasteiger partial charge in [-0.2, -0.15) is 11.8 Å². The first-order valence-electron chi connectivity index (χ1n) is 5.88. The van der Waals surface area contributed by atoms with Crippen LogP contribution in [0.15, 0.2) is 18.2 Å². The van der Waals surface area contributed by atoms with Crippen molar-refractivity contribution >= 4 is 17.7 Å². The Balaban J connectivity index is 2.01. The minimum Gasteiger partial charge on any atom is -0.507 e. The summed E-state index contributed by atoms with van der Waals surface area (Å²) in [6, 6.07) is 3.37. The largest absolute Gasteiger partial charge is 0.507 e. The van der Waals surface area contributed by atoms with Gasteiger partial charge in [-0.25, -0.2) is 4.39 Å². The Morgan fingerprint density at radius 3 is 2.83 bits per heavy atom. The summed E-state index contributed by atoms with van der Waals surface area (Å²) in [6.45, 7) is 0.558. The lowest BCUT2D eigenvalue weighted by atomic mass is 9.84. The van der Waals surface area contributed by atoms with Crippen molar-refractivity contribution in [3.8, 4) is 5.75 Å². The Morgan fingerprint density at radius 1 is 1.56 bits per heavy atom. The van der Waals surface area contributed by atoms with Gasteiger partial charge in [0.2, 0.25) is 0 Å². The topological polar surface area (TPSA) is 49.3 Å². The third-order valence-corrected chi connectivity index (χ3v) is 4.89. The molecule has 1 fully saturated rings. The Labute approximate surface area is 110 Å². The molecule has 18 heavy (non-hydrogen) atoms. The fourth-order valence-corrected chi connectivity index (χ4v) is 2.96. The molecule has 0 unspecified atom stereocenters. The molecule has 3 nitrogen and oxygen atoms in total. The zero-order valence-corrected chi connectivity index (χ0v) is 11.0. The van der Waals surface area contributed by atoms with E-state index in [1.807, 2.05) is 6.26 Å². The maximum absolute atomic E-state index is 13.0. The highest BCUT2D eigenvalue weighted by Gasteiger charge is 2.36. The number of hydrogen-bond donors (Lipinski definition) is 2. The maximum Gasteiger partial charge on any atom is 0.255 e. The van der Waals surface area contributed by atoms with E-state index in [0.717, 1.165) is 25.0 Å². The second-order valence-corrected chi connectivity index (χ2v) is 5.86. The van der Waals surface area contributed by atoms with Crippen molar-refractivity contribution in [1.82, 2.24) is 5.32 Å². The summed E-state index contributed by atoms with van der Waals surface area (Å²) < 4.78 is 13.2. The van der Waals surface area contributed by atoms with E-state index in [2.05, 4.69) is 5.32 Å². The Kier molecular flexibility index (Phi) is 3.80. The third-order valence-electron chi connectivity index (χ3n) is 3.47. The van der Waals surface area contributed by atoms with Crippen LogP contribution in [-0.4, -0.2) is 28.6 Å². The molecule has 0 aromatic heterocycles. The number of benzene rings is 1. The minimum atomic E-state index is -0.527. The van der Waals surface area contributed by atoms with Crippen LogP contribution in [0.3, 0.4) is 0 Å². The summed E-state index contributed by atoms with van der Waals surface area (Å²) in [6.07, 6.45) is 5.39. The van der Waals surface area contributed by atoms with Crippen molar-refractivity contribution in [3.63, 3.8) is 0 Å². The number of carbonyl (C=O) groups excluding carboxylic acids is 1. The van der Waals surface area contributed by atoms with Gasteiger partial charge in [-0.1, -0.05) is 6.42 Å². The molecule has 1 saturated carbocycles. The predicted octanol–water partition coefficient (Wildman–Crippen LogP) is 2.55. The summed E-state index contributed by atoms with van der Waals surface area (Å²) in [4.78, 5) is 11.9. The highest BCUT2D eigenvalue weighted by molar-refractivity contribution is 8.00. The molecule has 0 heterocycles. The standard InChI is InChI=1S/C13H16FNO2S/c1-18-13(5-2-6-13)8-15-12(17)10-7-9(14)3-4-11(10)16/h3-4,7,16H,2,5-6,8H2,1H3,(H,15,17). The van der Waals surface area contributed by atoms with Crippen molar-refractivity contribution in [2.24, 2.45) is 0 Å². The van der Waals surface area contributed by atoms with Gasteiger partial charge in [-0.05, 0) is 37.3 Å². The summed E-state index contributed by atoms with van der Waals surface area (Å²) in [5, 5.41) is 12.3. The van der Waals surface area contributed by atoms with Crippen molar-refractivity contribution in [2.45, 2.75) is 24.0 Å². The molecule has 5 heteroatoms. The minimum absolute atomic E-state index is 0.00873. The molecule has 1 aliphatic carbocycles. The number of amides is 1. The number of halogens is 1. The van der Waals surface area contributed by atoms with E-state index in [0.29, 0.717) is 6.54 Å². The molecule has 1 amide bonds. The molecule has 2 rings (SSSR count). The number of nitrogens with one attached hydrogen (secondary N) is 1. The van der Waals surface area contributed by atoms with Gasteiger partial charge < -0.3 is 10.4 Å². The monoisotopic (exact) mass is 269 g/mol. The third kappa shape index (κ3) is 2.61. The van der Waals surface area contributed by atoms with Crippen LogP contribution in [-0.2, 0) is 0 Å². The summed E-state index contributed by atoms with van der Waals surface area (Å²) in [5.41, 5.74) is -0.00873. The number of rotatable bonds is 4. The molecule has 1 aromatic carbocycles. The van der Waals surface area contributed by atoms with Crippen LogP contribution < -0.4 is 5.32 Å². The van der Waals surface area contributed by atoms with E-state index in [1.165, 1.54) is 12.5 Å². The molecule has 0 spiro atoms. The highest BCUT2D eigenvalue weighted by Crippen LogP contribution is 2.42. The molecule has 98 valence electrons. The molecule has 0 bridgehead atoms. The van der Waals surface area contributed by atoms with Gasteiger partial charge in [0.1, 0.15) is 11.6 Å². The van der Waals surface area contributed by atoms with Crippen LogP contribution in [0.5, 0.6) is 5.75 Å². The van der Waals surface area contributed by atoms with E-state index in [1.54, 1.807) is 11.8 Å². The van der Waals surface area contributed by atoms with E-state index >= 15 is 0 Å². The van der Waals surface area contributed by atoms with Crippen LogP contribution in [0.2, 0.25) is 0 Å². The highest BCUT2D eigenvalue weighted by atomic mass is 32.2. The zero-order chi connectivity index (χ0) is 13.2. The van der Waals surface area contributed by atoms with Gasteiger partial charge in [0.05, 0.1) is 5.56 Å². The maximum atomic E-state index is 13.0. The number of phenolic OH excluding ortho intramolecular Hbond substituents is 1. The fourth-order valence-electron chi connectivity index (χ4n) is 2.05. The van der Waals surface area contributed by atoms with Crippen molar-refractivity contribution in [1.29, 1.82) is 0 Å². The molecule has 0 aliphatic heterocycles. The number of aromatic hydroxyl groups is 1. The second kappa shape index (κ2) is 5.18. The van der Waals surface area contributed by atoms with Gasteiger partial charge in [-0.3, -0.25) is 4.79 Å². The van der Waals surface area contributed by atoms with Crippen LogP contribution in [0.4, 0.5) is 4.39 Å². The molecule has 1 aromatic rings. The SMILES string of the molecule is CSC1(CNC(=O)c2cc(F)ccc2O)CCC1. The van der Waals surface area contributed by atoms with E-state index in [4.69, 9.17) is 0 Å². The predicted molar refractivity (Wildman–Crippen MR) is 70.5 cm³/mol. The Bertz CT molecular complexity index is 455. The lowest BCUT2D eigenvalue weighted by Gasteiger charge is -2.40. The zero-order valence-electron chi connectivity index (χ0n) is 10.2. The van der Waals surface area contributed by atoms with Gasteiger partial charge in [0, 0.05) is 11.3 Å². The Hall–Kier alpha value is -1.23. The molecular weight excluding hydrogens is 253 g/mol. The second-order valence-electron chi connectivity index (χ2n) is 4.58. The molecular formula is C13H16FNO2S.